The number of aromatic amines is 1. The van der Waals surface area contributed by atoms with Crippen LogP contribution in [0.15, 0.2) is 65.8 Å². The number of likely N-dealkylation sites (N-methyl/N-ethyl adjacent to an activating group) is 1. The number of aryl methyl sites for hydroxylation is 1. The maximum Gasteiger partial charge on any atom is 0.251 e. The van der Waals surface area contributed by atoms with Gasteiger partial charge in [-0.2, -0.15) is 0 Å². The van der Waals surface area contributed by atoms with Crippen molar-refractivity contribution in [2.24, 2.45) is 0 Å². The number of aromatic nitrogens is 3. The number of fused-ring (bicyclic) bond motifs is 1. The van der Waals surface area contributed by atoms with Crippen LogP contribution in [0.1, 0.15) is 43.9 Å². The van der Waals surface area contributed by atoms with Crippen molar-refractivity contribution in [3.05, 3.63) is 82.5 Å². The molecule has 3 aromatic heterocycles. The van der Waals surface area contributed by atoms with Gasteiger partial charge in [-0.3, -0.25) is 4.79 Å². The lowest BCUT2D eigenvalue weighted by atomic mass is 10.0. The summed E-state index contributed by atoms with van der Waals surface area (Å²) in [6.07, 6.45) is 8.02. The van der Waals surface area contributed by atoms with Crippen molar-refractivity contribution in [3.63, 3.8) is 0 Å². The quantitative estimate of drug-likeness (QED) is 0.333. The summed E-state index contributed by atoms with van der Waals surface area (Å²) in [6, 6.07) is 14.4. The average Bonchev–Trinajstić information content (AvgIpc) is 3.26. The highest BCUT2D eigenvalue weighted by Crippen LogP contribution is 2.30. The number of hydrogen-bond acceptors (Lipinski definition) is 4. The van der Waals surface area contributed by atoms with Crippen LogP contribution >= 0.6 is 0 Å². The number of pyridine rings is 2. The lowest BCUT2D eigenvalue weighted by Gasteiger charge is -2.24. The van der Waals surface area contributed by atoms with Crippen LogP contribution < -0.4 is 10.5 Å². The van der Waals surface area contributed by atoms with Crippen molar-refractivity contribution in [1.82, 2.24) is 19.4 Å². The molecule has 0 saturated heterocycles. The van der Waals surface area contributed by atoms with Gasteiger partial charge in [-0.15, -0.1) is 0 Å². The monoisotopic (exact) mass is 471 g/mol. The van der Waals surface area contributed by atoms with Crippen molar-refractivity contribution in [2.45, 2.75) is 39.7 Å². The van der Waals surface area contributed by atoms with E-state index in [0.29, 0.717) is 0 Å². The topological polar surface area (TPSA) is 57.2 Å². The molecule has 0 aliphatic rings. The van der Waals surface area contributed by atoms with Gasteiger partial charge in [0.1, 0.15) is 5.65 Å². The summed E-state index contributed by atoms with van der Waals surface area (Å²) in [6.45, 7) is 9.24. The van der Waals surface area contributed by atoms with Gasteiger partial charge in [-0.25, -0.2) is 4.98 Å². The average molecular weight is 472 g/mol. The number of rotatable bonds is 10. The Kier molecular flexibility index (Phi) is 7.71. The second-order valence-corrected chi connectivity index (χ2v) is 9.63. The molecule has 184 valence electrons. The van der Waals surface area contributed by atoms with Gasteiger partial charge in [-0.05, 0) is 57.1 Å². The molecule has 1 atom stereocenters. The zero-order valence-corrected chi connectivity index (χ0v) is 21.6. The minimum atomic E-state index is -0.0562. The van der Waals surface area contributed by atoms with Gasteiger partial charge in [0.25, 0.3) is 5.56 Å². The van der Waals surface area contributed by atoms with Crippen LogP contribution in [-0.4, -0.2) is 53.2 Å². The Morgan fingerprint density at radius 3 is 2.49 bits per heavy atom. The fourth-order valence-electron chi connectivity index (χ4n) is 4.81. The highest BCUT2D eigenvalue weighted by atomic mass is 16.1. The fraction of sp³-hybridized carbons (Fsp3) is 0.379. The van der Waals surface area contributed by atoms with E-state index in [2.05, 4.69) is 70.9 Å². The number of hydrogen-bond donors (Lipinski definition) is 1. The van der Waals surface area contributed by atoms with E-state index in [1.54, 1.807) is 6.07 Å². The molecule has 6 heteroatoms. The molecule has 0 radical (unpaired) electrons. The predicted octanol–water partition coefficient (Wildman–Crippen LogP) is 5.48. The fourth-order valence-corrected chi connectivity index (χ4v) is 4.81. The van der Waals surface area contributed by atoms with Gasteiger partial charge in [0.15, 0.2) is 0 Å². The smallest absolute Gasteiger partial charge is 0.251 e. The molecular weight excluding hydrogens is 434 g/mol. The Hall–Kier alpha value is -3.38. The lowest BCUT2D eigenvalue weighted by molar-refractivity contribution is 0.346. The van der Waals surface area contributed by atoms with Crippen LogP contribution in [0.5, 0.6) is 0 Å². The van der Waals surface area contributed by atoms with E-state index in [4.69, 9.17) is 0 Å². The van der Waals surface area contributed by atoms with Crippen molar-refractivity contribution >= 4 is 16.7 Å². The van der Waals surface area contributed by atoms with Gasteiger partial charge >= 0.3 is 0 Å². The molecule has 1 N–H and O–H groups in total. The Labute approximate surface area is 208 Å². The molecule has 0 bridgehead atoms. The molecule has 4 rings (SSSR count). The third kappa shape index (κ3) is 5.49. The van der Waals surface area contributed by atoms with Crippen LogP contribution in [0, 0.1) is 6.92 Å². The molecule has 0 unspecified atom stereocenters. The van der Waals surface area contributed by atoms with Gasteiger partial charge in [0.05, 0.1) is 17.9 Å². The summed E-state index contributed by atoms with van der Waals surface area (Å²) in [5.41, 5.74) is 6.20. The van der Waals surface area contributed by atoms with Crippen molar-refractivity contribution in [1.29, 1.82) is 0 Å². The maximum atomic E-state index is 13.4. The van der Waals surface area contributed by atoms with E-state index in [9.17, 15) is 4.79 Å². The van der Waals surface area contributed by atoms with Crippen LogP contribution in [0.4, 0.5) is 5.69 Å². The van der Waals surface area contributed by atoms with E-state index in [0.717, 1.165) is 65.9 Å². The van der Waals surface area contributed by atoms with Crippen LogP contribution in [0.3, 0.4) is 0 Å². The largest absolute Gasteiger partial charge is 0.370 e. The van der Waals surface area contributed by atoms with Crippen LogP contribution in [0.25, 0.3) is 22.2 Å². The number of benzene rings is 1. The second kappa shape index (κ2) is 10.9. The molecule has 0 saturated carbocycles. The Bertz CT molecular complexity index is 1330. The summed E-state index contributed by atoms with van der Waals surface area (Å²) in [5.74, 6) is 0. The highest BCUT2D eigenvalue weighted by molar-refractivity contribution is 5.95. The lowest BCUT2D eigenvalue weighted by Crippen LogP contribution is -2.32. The Morgan fingerprint density at radius 2 is 1.83 bits per heavy atom. The minimum Gasteiger partial charge on any atom is -0.370 e. The Balaban J connectivity index is 1.74. The molecule has 4 aromatic rings. The third-order valence-electron chi connectivity index (χ3n) is 6.43. The number of anilines is 1. The minimum absolute atomic E-state index is 0.00656. The van der Waals surface area contributed by atoms with Gasteiger partial charge < -0.3 is 19.4 Å². The third-order valence-corrected chi connectivity index (χ3v) is 6.43. The van der Waals surface area contributed by atoms with Crippen LogP contribution in [-0.2, 0) is 0 Å². The van der Waals surface area contributed by atoms with E-state index in [-0.39, 0.29) is 11.6 Å². The normalized spacial score (nSPS) is 12.4. The zero-order chi connectivity index (χ0) is 24.9. The van der Waals surface area contributed by atoms with E-state index >= 15 is 0 Å². The molecule has 35 heavy (non-hydrogen) atoms. The molecule has 0 aliphatic heterocycles. The van der Waals surface area contributed by atoms with E-state index in [1.807, 2.05) is 43.3 Å². The SMILES string of the molecule is CCCN(CCC)c1cnc2[nH]cc(-c3ccn([C@H](CN(C)C)c4cccc(C)c4)c(=O)c3)c2c1. The summed E-state index contributed by atoms with van der Waals surface area (Å²) >= 11 is 0. The molecule has 6 nitrogen and oxygen atoms in total. The summed E-state index contributed by atoms with van der Waals surface area (Å²) < 4.78 is 1.85. The van der Waals surface area contributed by atoms with Gasteiger partial charge in [-0.1, -0.05) is 43.7 Å². The number of nitrogens with one attached hydrogen (secondary N) is 1. The van der Waals surface area contributed by atoms with Gasteiger partial charge in [0.2, 0.25) is 0 Å². The highest BCUT2D eigenvalue weighted by Gasteiger charge is 2.18. The molecule has 3 heterocycles. The summed E-state index contributed by atoms with van der Waals surface area (Å²) in [4.78, 5) is 25.9. The molecule has 0 spiro atoms. The first-order chi connectivity index (χ1) is 16.9. The molecule has 0 amide bonds. The molecular formula is C29H37N5O. The number of H-pyrrole nitrogens is 1. The van der Waals surface area contributed by atoms with Gasteiger partial charge in [0, 0.05) is 49.0 Å². The summed E-state index contributed by atoms with van der Waals surface area (Å²) in [7, 11) is 4.08. The molecule has 0 aliphatic carbocycles. The van der Waals surface area contributed by atoms with Crippen molar-refractivity contribution in [2.75, 3.05) is 38.6 Å². The van der Waals surface area contributed by atoms with E-state index < -0.39 is 0 Å². The molecule has 1 aromatic carbocycles. The first-order valence-electron chi connectivity index (χ1n) is 12.6. The van der Waals surface area contributed by atoms with Crippen molar-refractivity contribution < 1.29 is 0 Å². The second-order valence-electron chi connectivity index (χ2n) is 9.63. The standard InChI is InChI=1S/C29H37N5O/c1-6-12-33(13-7-2)24-17-25-26(19-31-29(25)30-18-24)22-11-14-34(28(35)16-22)27(20-32(4)5)23-10-8-9-21(3)15-23/h8-11,14-19,27H,6-7,12-13,20H2,1-5H3,(H,30,31)/t27-/m1/s1. The predicted molar refractivity (Wildman–Crippen MR) is 146 cm³/mol. The first-order valence-corrected chi connectivity index (χ1v) is 12.6. The maximum absolute atomic E-state index is 13.4. The Morgan fingerprint density at radius 1 is 1.06 bits per heavy atom. The first kappa shape index (κ1) is 24.7. The van der Waals surface area contributed by atoms with E-state index in [1.165, 1.54) is 5.56 Å². The van der Waals surface area contributed by atoms with Crippen LogP contribution in [0.2, 0.25) is 0 Å². The zero-order valence-electron chi connectivity index (χ0n) is 21.6. The van der Waals surface area contributed by atoms with Crippen molar-refractivity contribution in [3.8, 4) is 11.1 Å². The number of nitrogens with zero attached hydrogens (tertiary/aromatic N) is 4. The molecule has 0 fully saturated rings. The summed E-state index contributed by atoms with van der Waals surface area (Å²) in [5, 5.41) is 1.04.